The van der Waals surface area contributed by atoms with Gasteiger partial charge in [0.05, 0.1) is 24.3 Å². The fraction of sp³-hybridized carbons (Fsp3) is 0.310. The molecule has 1 N–H and O–H groups in total. The summed E-state index contributed by atoms with van der Waals surface area (Å²) in [5.41, 5.74) is 3.40. The van der Waals surface area contributed by atoms with Crippen LogP contribution in [0.15, 0.2) is 66.0 Å². The van der Waals surface area contributed by atoms with E-state index in [0.29, 0.717) is 36.6 Å². The van der Waals surface area contributed by atoms with Crippen molar-refractivity contribution in [1.29, 1.82) is 0 Å². The number of benzene rings is 3. The number of thiazole rings is 1. The van der Waals surface area contributed by atoms with Crippen LogP contribution in [0.2, 0.25) is 0 Å². The van der Waals surface area contributed by atoms with E-state index in [1.54, 1.807) is 12.1 Å². The van der Waals surface area contributed by atoms with Gasteiger partial charge in [-0.2, -0.15) is 0 Å². The average molecular weight is 501 g/mol. The summed E-state index contributed by atoms with van der Waals surface area (Å²) in [5.74, 6) is -0.931. The van der Waals surface area contributed by atoms with Gasteiger partial charge in [-0.1, -0.05) is 55.5 Å². The summed E-state index contributed by atoms with van der Waals surface area (Å²) in [6.07, 6.45) is 1.32. The molecule has 1 aliphatic heterocycles. The number of fused-ring (bicyclic) bond motifs is 2. The van der Waals surface area contributed by atoms with Gasteiger partial charge in [-0.05, 0) is 35.1 Å². The third-order valence-electron chi connectivity index (χ3n) is 8.33. The van der Waals surface area contributed by atoms with Crippen LogP contribution in [0.4, 0.5) is 9.52 Å². The number of carbonyl (C=O) groups excluding carboxylic acids is 1. The topological polar surface area (TPSA) is 60.5 Å². The van der Waals surface area contributed by atoms with E-state index in [0.717, 1.165) is 16.6 Å². The molecule has 2 heterocycles. The Kier molecular flexibility index (Phi) is 4.87. The lowest BCUT2D eigenvalue weighted by molar-refractivity contribution is -0.216. The predicted molar refractivity (Wildman–Crippen MR) is 138 cm³/mol. The summed E-state index contributed by atoms with van der Waals surface area (Å²) >= 11 is 1.39. The molecule has 1 amide bonds. The van der Waals surface area contributed by atoms with E-state index in [1.165, 1.54) is 28.5 Å². The minimum absolute atomic E-state index is 0.00869. The number of aromatic nitrogens is 1. The maximum atomic E-state index is 14.3. The van der Waals surface area contributed by atoms with E-state index >= 15 is 0 Å². The van der Waals surface area contributed by atoms with Gasteiger partial charge in [0.25, 0.3) is 0 Å². The normalized spacial score (nSPS) is 25.8. The van der Waals surface area contributed by atoms with E-state index in [2.05, 4.69) is 30.4 Å². The summed E-state index contributed by atoms with van der Waals surface area (Å²) < 4.78 is 26.6. The largest absolute Gasteiger partial charge is 0.347 e. The third kappa shape index (κ3) is 3.13. The second-order valence-electron chi connectivity index (χ2n) is 10.2. The highest BCUT2D eigenvalue weighted by Gasteiger charge is 2.63. The van der Waals surface area contributed by atoms with Crippen molar-refractivity contribution in [3.63, 3.8) is 0 Å². The van der Waals surface area contributed by atoms with Crippen molar-refractivity contribution >= 4 is 33.1 Å². The van der Waals surface area contributed by atoms with Crippen LogP contribution in [0.1, 0.15) is 42.7 Å². The summed E-state index contributed by atoms with van der Waals surface area (Å²) in [4.78, 5) is 18.5. The van der Waals surface area contributed by atoms with Gasteiger partial charge in [0.1, 0.15) is 5.82 Å². The van der Waals surface area contributed by atoms with Crippen LogP contribution in [-0.4, -0.2) is 29.9 Å². The molecule has 0 radical (unpaired) electrons. The number of nitrogens with one attached hydrogen (secondary N) is 1. The van der Waals surface area contributed by atoms with Crippen LogP contribution in [0.3, 0.4) is 0 Å². The number of hydrogen-bond donors (Lipinski definition) is 1. The number of anilines is 1. The van der Waals surface area contributed by atoms with Gasteiger partial charge in [-0.3, -0.25) is 4.79 Å². The van der Waals surface area contributed by atoms with Crippen molar-refractivity contribution in [2.45, 2.75) is 37.4 Å². The minimum Gasteiger partial charge on any atom is -0.347 e. The number of hydrogen-bond acceptors (Lipinski definition) is 5. The molecule has 3 aliphatic carbocycles. The Hall–Kier alpha value is -3.13. The van der Waals surface area contributed by atoms with Crippen LogP contribution in [0.25, 0.3) is 22.0 Å². The van der Waals surface area contributed by atoms with Gasteiger partial charge >= 0.3 is 0 Å². The Morgan fingerprint density at radius 3 is 2.44 bits per heavy atom. The van der Waals surface area contributed by atoms with Crippen LogP contribution in [0, 0.1) is 11.2 Å². The second kappa shape index (κ2) is 7.93. The van der Waals surface area contributed by atoms with Gasteiger partial charge in [0, 0.05) is 34.6 Å². The first kappa shape index (κ1) is 22.1. The molecule has 1 aromatic heterocycles. The first-order valence-corrected chi connectivity index (χ1v) is 13.2. The van der Waals surface area contributed by atoms with Crippen molar-refractivity contribution in [3.05, 3.63) is 83.0 Å². The number of carbonyl (C=O) groups is 1. The molecule has 3 aromatic carbocycles. The van der Waals surface area contributed by atoms with Crippen molar-refractivity contribution in [2.75, 3.05) is 18.5 Å². The molecule has 36 heavy (non-hydrogen) atoms. The van der Waals surface area contributed by atoms with Crippen LogP contribution in [-0.2, 0) is 14.3 Å². The molecule has 3 atom stereocenters. The number of halogens is 1. The van der Waals surface area contributed by atoms with E-state index in [-0.39, 0.29) is 23.6 Å². The van der Waals surface area contributed by atoms with Crippen LogP contribution >= 0.6 is 11.3 Å². The van der Waals surface area contributed by atoms with Crippen molar-refractivity contribution < 1.29 is 18.7 Å². The zero-order chi connectivity index (χ0) is 24.5. The lowest BCUT2D eigenvalue weighted by atomic mass is 9.52. The Labute approximate surface area is 212 Å². The van der Waals surface area contributed by atoms with Gasteiger partial charge in [-0.15, -0.1) is 11.3 Å². The molecule has 1 saturated heterocycles. The molecule has 5 nitrogen and oxygen atoms in total. The second-order valence-corrected chi connectivity index (χ2v) is 11.1. The maximum Gasteiger partial charge on any atom is 0.232 e. The first-order valence-electron chi connectivity index (χ1n) is 12.3. The molecule has 1 saturated carbocycles. The summed E-state index contributed by atoms with van der Waals surface area (Å²) in [5, 5.41) is 6.93. The van der Waals surface area contributed by atoms with Gasteiger partial charge in [0.2, 0.25) is 5.91 Å². The fourth-order valence-electron chi connectivity index (χ4n) is 6.54. The fourth-order valence-corrected chi connectivity index (χ4v) is 7.25. The molecule has 7 heteroatoms. The van der Waals surface area contributed by atoms with E-state index in [4.69, 9.17) is 14.5 Å². The summed E-state index contributed by atoms with van der Waals surface area (Å²) in [6, 6.07) is 19.0. The minimum atomic E-state index is -0.628. The molecule has 1 unspecified atom stereocenters. The molecule has 8 rings (SSSR count). The van der Waals surface area contributed by atoms with E-state index in [1.807, 2.05) is 29.6 Å². The highest BCUT2D eigenvalue weighted by Crippen LogP contribution is 2.64. The lowest BCUT2D eigenvalue weighted by Gasteiger charge is -2.56. The molecular weight excluding hydrogens is 475 g/mol. The van der Waals surface area contributed by atoms with Gasteiger partial charge < -0.3 is 14.8 Å². The standard InChI is InChI=1S/C29H25FN2O3S/c1-28(14-23-19-8-4-3-7-18(19)22(28)15-29(23)34-12-13-35-29)26(33)32-27-31-25(16-36-27)21-10-11-24(30)20-9-5-2-6-17(20)21/h2-11,16,22-23H,12-15H2,1H3,(H,31,32,33)/t22?,23-,28-/m0/s1. The monoisotopic (exact) mass is 500 g/mol. The predicted octanol–water partition coefficient (Wildman–Crippen LogP) is 6.47. The van der Waals surface area contributed by atoms with E-state index in [9.17, 15) is 9.18 Å². The Morgan fingerprint density at radius 2 is 1.67 bits per heavy atom. The molecule has 2 bridgehead atoms. The maximum absolute atomic E-state index is 14.3. The molecule has 4 aromatic rings. The Morgan fingerprint density at radius 1 is 0.972 bits per heavy atom. The number of nitrogens with zero attached hydrogens (tertiary/aromatic N) is 1. The molecular formula is C29H25FN2O3S. The Bertz CT molecular complexity index is 1510. The number of amides is 1. The molecule has 2 fully saturated rings. The zero-order valence-corrected chi connectivity index (χ0v) is 20.6. The third-order valence-corrected chi connectivity index (χ3v) is 9.09. The SMILES string of the molecule is C[C@]1(C(=O)Nc2nc(-c3ccc(F)c4ccccc34)cs2)C[C@H]2c3ccccc3C1CC21OCCO1. The molecule has 1 spiro atoms. The van der Waals surface area contributed by atoms with Crippen LogP contribution in [0.5, 0.6) is 0 Å². The number of ether oxygens (including phenoxy) is 2. The quantitative estimate of drug-likeness (QED) is 0.351. The molecule has 182 valence electrons. The van der Waals surface area contributed by atoms with Gasteiger partial charge in [-0.25, -0.2) is 9.37 Å². The highest BCUT2D eigenvalue weighted by atomic mass is 32.1. The van der Waals surface area contributed by atoms with Gasteiger partial charge in [0.15, 0.2) is 10.9 Å². The first-order chi connectivity index (χ1) is 17.5. The van der Waals surface area contributed by atoms with E-state index < -0.39 is 11.2 Å². The highest BCUT2D eigenvalue weighted by molar-refractivity contribution is 7.14. The molecule has 4 aliphatic rings. The van der Waals surface area contributed by atoms with Crippen molar-refractivity contribution in [3.8, 4) is 11.3 Å². The summed E-state index contributed by atoms with van der Waals surface area (Å²) in [7, 11) is 0. The zero-order valence-electron chi connectivity index (χ0n) is 19.8. The average Bonchev–Trinajstić information content (AvgIpc) is 3.56. The number of rotatable bonds is 3. The van der Waals surface area contributed by atoms with Crippen molar-refractivity contribution in [1.82, 2.24) is 4.98 Å². The van der Waals surface area contributed by atoms with Crippen molar-refractivity contribution in [2.24, 2.45) is 5.41 Å². The van der Waals surface area contributed by atoms with Crippen LogP contribution < -0.4 is 5.32 Å². The Balaban J connectivity index is 1.20. The lowest BCUT2D eigenvalue weighted by Crippen LogP contribution is -2.56. The summed E-state index contributed by atoms with van der Waals surface area (Å²) in [6.45, 7) is 3.24. The smallest absolute Gasteiger partial charge is 0.232 e.